The summed E-state index contributed by atoms with van der Waals surface area (Å²) in [5.41, 5.74) is 12.2. The first kappa shape index (κ1) is 15.1. The van der Waals surface area contributed by atoms with Gasteiger partial charge in [-0.3, -0.25) is 0 Å². The highest BCUT2D eigenvalue weighted by Crippen LogP contribution is 2.16. The maximum atomic E-state index is 9.12. The largest absolute Gasteiger partial charge is 0.489 e. The van der Waals surface area contributed by atoms with E-state index in [0.29, 0.717) is 17.9 Å². The first-order chi connectivity index (χ1) is 10.7. The highest BCUT2D eigenvalue weighted by Gasteiger charge is 2.05. The van der Waals surface area contributed by atoms with E-state index in [1.807, 2.05) is 42.5 Å². The minimum Gasteiger partial charge on any atom is -0.489 e. The van der Waals surface area contributed by atoms with Crippen LogP contribution in [0.5, 0.6) is 5.75 Å². The molecule has 2 aromatic carbocycles. The second-order valence-corrected chi connectivity index (χ2v) is 4.39. The molecular formula is C16H15N5O. The van der Waals surface area contributed by atoms with Crippen LogP contribution in [0.3, 0.4) is 0 Å². The third-order valence-electron chi connectivity index (χ3n) is 2.73. The van der Waals surface area contributed by atoms with E-state index >= 15 is 0 Å². The van der Waals surface area contributed by atoms with E-state index in [1.165, 1.54) is 0 Å². The van der Waals surface area contributed by atoms with Crippen LogP contribution in [0.2, 0.25) is 0 Å². The van der Waals surface area contributed by atoms with Crippen molar-refractivity contribution in [2.75, 3.05) is 0 Å². The summed E-state index contributed by atoms with van der Waals surface area (Å²) in [4.78, 5) is 0. The van der Waals surface area contributed by atoms with Crippen molar-refractivity contribution < 1.29 is 4.74 Å². The Morgan fingerprint density at radius 3 is 2.50 bits per heavy atom. The predicted molar refractivity (Wildman–Crippen MR) is 85.2 cm³/mol. The first-order valence-corrected chi connectivity index (χ1v) is 6.53. The van der Waals surface area contributed by atoms with Crippen molar-refractivity contribution in [2.24, 2.45) is 21.7 Å². The van der Waals surface area contributed by atoms with Crippen LogP contribution in [-0.2, 0) is 6.61 Å². The molecule has 0 heterocycles. The van der Waals surface area contributed by atoms with Gasteiger partial charge in [-0.05, 0) is 17.7 Å². The van der Waals surface area contributed by atoms with Gasteiger partial charge in [0, 0.05) is 5.56 Å². The number of nitrogens with zero attached hydrogens (tertiary/aromatic N) is 3. The summed E-state index contributed by atoms with van der Waals surface area (Å²) in [7, 11) is 0. The molecule has 0 spiro atoms. The fraction of sp³-hybridized carbons (Fsp3) is 0.0625. The van der Waals surface area contributed by atoms with Gasteiger partial charge in [-0.15, -0.1) is 10.2 Å². The van der Waals surface area contributed by atoms with Gasteiger partial charge in [-0.1, -0.05) is 42.5 Å². The van der Waals surface area contributed by atoms with Gasteiger partial charge in [0.05, 0.1) is 0 Å². The van der Waals surface area contributed by atoms with Gasteiger partial charge in [0.15, 0.2) is 5.71 Å². The van der Waals surface area contributed by atoms with E-state index in [-0.39, 0.29) is 11.7 Å². The van der Waals surface area contributed by atoms with Gasteiger partial charge in [0.1, 0.15) is 18.4 Å². The summed E-state index contributed by atoms with van der Waals surface area (Å²) in [6.07, 6.45) is 0. The second kappa shape index (κ2) is 7.45. The maximum Gasteiger partial charge on any atom is 0.211 e. The van der Waals surface area contributed by atoms with Crippen LogP contribution >= 0.6 is 0 Å². The van der Waals surface area contributed by atoms with Gasteiger partial charge in [-0.25, -0.2) is 0 Å². The molecule has 0 saturated heterocycles. The number of ether oxygens (including phenoxy) is 1. The van der Waals surface area contributed by atoms with E-state index < -0.39 is 0 Å². The molecule has 0 aliphatic heterocycles. The van der Waals surface area contributed by atoms with E-state index in [0.717, 1.165) is 5.56 Å². The summed E-state index contributed by atoms with van der Waals surface area (Å²) in [6, 6.07) is 18.8. The molecule has 0 radical (unpaired) electrons. The Hall–Kier alpha value is -3.33. The third kappa shape index (κ3) is 4.35. The Morgan fingerprint density at radius 1 is 1.05 bits per heavy atom. The van der Waals surface area contributed by atoms with Crippen molar-refractivity contribution in [1.82, 2.24) is 0 Å². The molecule has 22 heavy (non-hydrogen) atoms. The molecule has 0 atom stereocenters. The summed E-state index contributed by atoms with van der Waals surface area (Å²) in [6.45, 7) is 0.442. The first-order valence-electron chi connectivity index (χ1n) is 6.53. The van der Waals surface area contributed by atoms with Crippen LogP contribution in [0.15, 0.2) is 64.8 Å². The zero-order valence-corrected chi connectivity index (χ0v) is 11.8. The molecular weight excluding hydrogens is 278 g/mol. The quantitative estimate of drug-likeness (QED) is 0.497. The summed E-state index contributed by atoms with van der Waals surface area (Å²) < 4.78 is 5.70. The van der Waals surface area contributed by atoms with Crippen molar-refractivity contribution in [1.29, 1.82) is 5.26 Å². The Labute approximate surface area is 128 Å². The molecule has 6 nitrogen and oxygen atoms in total. The van der Waals surface area contributed by atoms with E-state index in [9.17, 15) is 0 Å². The summed E-state index contributed by atoms with van der Waals surface area (Å²) >= 11 is 0. The number of benzene rings is 2. The van der Waals surface area contributed by atoms with Crippen LogP contribution in [-0.4, -0.2) is 11.7 Å². The van der Waals surface area contributed by atoms with Gasteiger partial charge < -0.3 is 16.2 Å². The SMILES string of the molecule is N#C/C(=N/N=C(N)N)c1cccc(OCc2ccccc2)c1. The van der Waals surface area contributed by atoms with Crippen LogP contribution in [0.1, 0.15) is 11.1 Å². The zero-order valence-electron chi connectivity index (χ0n) is 11.8. The van der Waals surface area contributed by atoms with Gasteiger partial charge >= 0.3 is 0 Å². The molecule has 0 aliphatic rings. The molecule has 0 fully saturated rings. The standard InChI is InChI=1S/C16H15N5O/c17-10-15(20-21-16(18)19)13-7-4-8-14(9-13)22-11-12-5-2-1-3-6-12/h1-9H,11H2,(H4,18,19,21)/b20-15-. The van der Waals surface area contributed by atoms with Crippen molar-refractivity contribution >= 4 is 11.7 Å². The highest BCUT2D eigenvalue weighted by atomic mass is 16.5. The molecule has 0 aromatic heterocycles. The fourth-order valence-corrected chi connectivity index (χ4v) is 1.73. The lowest BCUT2D eigenvalue weighted by Gasteiger charge is -2.07. The molecule has 0 saturated carbocycles. The number of hydrogen-bond acceptors (Lipinski definition) is 4. The minimum atomic E-state index is -0.204. The van der Waals surface area contributed by atoms with Crippen LogP contribution < -0.4 is 16.2 Å². The van der Waals surface area contributed by atoms with Crippen LogP contribution in [0.4, 0.5) is 0 Å². The number of rotatable bonds is 5. The Balaban J connectivity index is 2.14. The lowest BCUT2D eigenvalue weighted by molar-refractivity contribution is 0.306. The lowest BCUT2D eigenvalue weighted by atomic mass is 10.1. The topological polar surface area (TPSA) is 110 Å². The number of guanidine groups is 1. The summed E-state index contributed by atoms with van der Waals surface area (Å²) in [5, 5.41) is 16.3. The molecule has 0 aliphatic carbocycles. The van der Waals surface area contributed by atoms with E-state index in [2.05, 4.69) is 10.2 Å². The number of hydrogen-bond donors (Lipinski definition) is 2. The smallest absolute Gasteiger partial charge is 0.211 e. The lowest BCUT2D eigenvalue weighted by Crippen LogP contribution is -2.22. The van der Waals surface area contributed by atoms with Crippen molar-refractivity contribution in [3.8, 4) is 11.8 Å². The average molecular weight is 293 g/mol. The maximum absolute atomic E-state index is 9.12. The normalized spacial score (nSPS) is 10.6. The van der Waals surface area contributed by atoms with E-state index in [1.54, 1.807) is 18.2 Å². The molecule has 0 amide bonds. The van der Waals surface area contributed by atoms with Gasteiger partial charge in [0.25, 0.3) is 0 Å². The highest BCUT2D eigenvalue weighted by molar-refractivity contribution is 6.11. The summed E-state index contributed by atoms with van der Waals surface area (Å²) in [5.74, 6) is 0.429. The Kier molecular flexibility index (Phi) is 5.10. The van der Waals surface area contributed by atoms with E-state index in [4.69, 9.17) is 21.5 Å². The number of nitriles is 1. The Morgan fingerprint density at radius 2 is 1.82 bits per heavy atom. The molecule has 6 heteroatoms. The third-order valence-corrected chi connectivity index (χ3v) is 2.73. The minimum absolute atomic E-state index is 0.110. The van der Waals surface area contributed by atoms with Gasteiger partial charge in [-0.2, -0.15) is 5.26 Å². The molecule has 2 aromatic rings. The molecule has 0 unspecified atom stereocenters. The van der Waals surface area contributed by atoms with Gasteiger partial charge in [0.2, 0.25) is 5.96 Å². The fourth-order valence-electron chi connectivity index (χ4n) is 1.73. The molecule has 2 rings (SSSR count). The molecule has 4 N–H and O–H groups in total. The van der Waals surface area contributed by atoms with Crippen LogP contribution in [0.25, 0.3) is 0 Å². The number of nitrogens with two attached hydrogens (primary N) is 2. The van der Waals surface area contributed by atoms with Crippen molar-refractivity contribution in [3.63, 3.8) is 0 Å². The monoisotopic (exact) mass is 293 g/mol. The average Bonchev–Trinajstić information content (AvgIpc) is 2.55. The molecule has 110 valence electrons. The van der Waals surface area contributed by atoms with Crippen molar-refractivity contribution in [3.05, 3.63) is 65.7 Å². The Bertz CT molecular complexity index is 728. The molecule has 0 bridgehead atoms. The zero-order chi connectivity index (χ0) is 15.8. The predicted octanol–water partition coefficient (Wildman–Crippen LogP) is 1.77. The van der Waals surface area contributed by atoms with Crippen molar-refractivity contribution in [2.45, 2.75) is 6.61 Å². The van der Waals surface area contributed by atoms with Crippen LogP contribution in [0, 0.1) is 11.3 Å². The second-order valence-electron chi connectivity index (χ2n) is 4.39.